The fourth-order valence-electron chi connectivity index (χ4n) is 1.39. The number of aromatic nitrogens is 2. The third kappa shape index (κ3) is 2.30. The lowest BCUT2D eigenvalue weighted by molar-refractivity contribution is 1.08. The Morgan fingerprint density at radius 2 is 2.12 bits per heavy atom. The zero-order valence-electron chi connectivity index (χ0n) is 9.32. The number of hydrogen-bond acceptors (Lipinski definition) is 5. The van der Waals surface area contributed by atoms with E-state index in [0.29, 0.717) is 5.82 Å². The molecule has 2 heterocycles. The van der Waals surface area contributed by atoms with Gasteiger partial charge in [-0.3, -0.25) is 0 Å². The van der Waals surface area contributed by atoms with E-state index in [9.17, 15) is 0 Å². The monoisotopic (exact) mass is 234 g/mol. The number of nitrogens with one attached hydrogen (secondary N) is 1. The molecule has 0 amide bonds. The predicted octanol–water partition coefficient (Wildman–Crippen LogP) is 2.35. The normalized spacial score (nSPS) is 10.4. The fraction of sp³-hybridized carbons (Fsp3) is 0.273. The van der Waals surface area contributed by atoms with Gasteiger partial charge < -0.3 is 11.1 Å². The highest BCUT2D eigenvalue weighted by atomic mass is 32.1. The van der Waals surface area contributed by atoms with E-state index in [-0.39, 0.29) is 0 Å². The number of nitrogen functional groups attached to an aromatic ring is 1. The summed E-state index contributed by atoms with van der Waals surface area (Å²) in [6.07, 6.45) is 1.48. The molecule has 0 radical (unpaired) electrons. The highest BCUT2D eigenvalue weighted by Crippen LogP contribution is 2.19. The minimum absolute atomic E-state index is 0.528. The minimum Gasteiger partial charge on any atom is -0.383 e. The summed E-state index contributed by atoms with van der Waals surface area (Å²) in [6, 6.07) is 4.23. The van der Waals surface area contributed by atoms with Gasteiger partial charge in [-0.25, -0.2) is 9.97 Å². The van der Waals surface area contributed by atoms with Crippen molar-refractivity contribution in [3.8, 4) is 0 Å². The van der Waals surface area contributed by atoms with E-state index in [1.807, 2.05) is 6.92 Å². The van der Waals surface area contributed by atoms with Gasteiger partial charge in [0.15, 0.2) is 0 Å². The quantitative estimate of drug-likeness (QED) is 0.855. The van der Waals surface area contributed by atoms with Gasteiger partial charge in [0.1, 0.15) is 18.0 Å². The molecule has 0 atom stereocenters. The van der Waals surface area contributed by atoms with Crippen LogP contribution in [0.3, 0.4) is 0 Å². The summed E-state index contributed by atoms with van der Waals surface area (Å²) in [4.78, 5) is 10.7. The van der Waals surface area contributed by atoms with E-state index in [4.69, 9.17) is 5.73 Å². The van der Waals surface area contributed by atoms with Crippen molar-refractivity contribution in [3.05, 3.63) is 33.8 Å². The Morgan fingerprint density at radius 1 is 1.31 bits per heavy atom. The summed E-state index contributed by atoms with van der Waals surface area (Å²) < 4.78 is 0. The first kappa shape index (κ1) is 10.9. The lowest BCUT2D eigenvalue weighted by Gasteiger charge is -2.07. The number of anilines is 2. The molecular formula is C11H14N4S. The molecule has 84 valence electrons. The summed E-state index contributed by atoms with van der Waals surface area (Å²) >= 11 is 1.78. The molecule has 4 nitrogen and oxygen atoms in total. The summed E-state index contributed by atoms with van der Waals surface area (Å²) in [5.41, 5.74) is 6.60. The minimum atomic E-state index is 0.528. The van der Waals surface area contributed by atoms with Crippen molar-refractivity contribution in [1.29, 1.82) is 0 Å². The molecule has 16 heavy (non-hydrogen) atoms. The van der Waals surface area contributed by atoms with Crippen LogP contribution >= 0.6 is 11.3 Å². The second-order valence-electron chi connectivity index (χ2n) is 3.60. The van der Waals surface area contributed by atoms with Crippen LogP contribution in [0.5, 0.6) is 0 Å². The van der Waals surface area contributed by atoms with E-state index >= 15 is 0 Å². The topological polar surface area (TPSA) is 63.8 Å². The molecule has 5 heteroatoms. The van der Waals surface area contributed by atoms with Crippen LogP contribution in [0.25, 0.3) is 0 Å². The standard InChI is InChI=1S/C11H14N4S/c1-7-3-4-9(16-7)5-13-11-8(2)10(12)14-6-15-11/h3-4,6H,5H2,1-2H3,(H3,12,13,14,15). The van der Waals surface area contributed by atoms with Gasteiger partial charge in [-0.15, -0.1) is 11.3 Å². The molecule has 2 rings (SSSR count). The highest BCUT2D eigenvalue weighted by molar-refractivity contribution is 7.11. The smallest absolute Gasteiger partial charge is 0.134 e. The number of rotatable bonds is 3. The molecule has 0 saturated heterocycles. The van der Waals surface area contributed by atoms with Crippen molar-refractivity contribution >= 4 is 23.0 Å². The molecule has 3 N–H and O–H groups in total. The first-order valence-electron chi connectivity index (χ1n) is 5.03. The van der Waals surface area contributed by atoms with Crippen LogP contribution in [-0.2, 0) is 6.54 Å². The van der Waals surface area contributed by atoms with Gasteiger partial charge >= 0.3 is 0 Å². The highest BCUT2D eigenvalue weighted by Gasteiger charge is 2.04. The Kier molecular flexibility index (Phi) is 3.05. The Morgan fingerprint density at radius 3 is 2.81 bits per heavy atom. The van der Waals surface area contributed by atoms with Crippen LogP contribution in [0.2, 0.25) is 0 Å². The molecule has 0 aliphatic carbocycles. The second-order valence-corrected chi connectivity index (χ2v) is 4.97. The van der Waals surface area contributed by atoms with Crippen LogP contribution in [0.1, 0.15) is 15.3 Å². The Bertz CT molecular complexity index is 492. The predicted molar refractivity (Wildman–Crippen MR) is 67.6 cm³/mol. The Labute approximate surface area is 98.6 Å². The molecule has 0 spiro atoms. The van der Waals surface area contributed by atoms with E-state index in [1.165, 1.54) is 16.1 Å². The first-order valence-corrected chi connectivity index (χ1v) is 5.84. The van der Waals surface area contributed by atoms with Gasteiger partial charge in [0.25, 0.3) is 0 Å². The van der Waals surface area contributed by atoms with Gasteiger partial charge in [-0.05, 0) is 26.0 Å². The SMILES string of the molecule is Cc1ccc(CNc2ncnc(N)c2C)s1. The number of aryl methyl sites for hydroxylation is 1. The second kappa shape index (κ2) is 4.49. The molecule has 0 bridgehead atoms. The molecule has 0 aromatic carbocycles. The number of nitrogens with two attached hydrogens (primary N) is 1. The zero-order chi connectivity index (χ0) is 11.5. The van der Waals surface area contributed by atoms with Crippen molar-refractivity contribution in [1.82, 2.24) is 9.97 Å². The number of nitrogens with zero attached hydrogens (tertiary/aromatic N) is 2. The van der Waals surface area contributed by atoms with Crippen molar-refractivity contribution in [2.24, 2.45) is 0 Å². The van der Waals surface area contributed by atoms with E-state index < -0.39 is 0 Å². The van der Waals surface area contributed by atoms with Gasteiger partial charge in [0, 0.05) is 15.3 Å². The van der Waals surface area contributed by atoms with Crippen LogP contribution in [0.15, 0.2) is 18.5 Å². The van der Waals surface area contributed by atoms with Crippen LogP contribution in [-0.4, -0.2) is 9.97 Å². The maximum Gasteiger partial charge on any atom is 0.134 e. The molecule has 2 aromatic heterocycles. The van der Waals surface area contributed by atoms with Crippen LogP contribution in [0, 0.1) is 13.8 Å². The van der Waals surface area contributed by atoms with E-state index in [1.54, 1.807) is 11.3 Å². The summed E-state index contributed by atoms with van der Waals surface area (Å²) in [7, 11) is 0. The van der Waals surface area contributed by atoms with Gasteiger partial charge in [0.2, 0.25) is 0 Å². The van der Waals surface area contributed by atoms with Crippen LogP contribution < -0.4 is 11.1 Å². The third-order valence-electron chi connectivity index (χ3n) is 2.35. The lowest BCUT2D eigenvalue weighted by atomic mass is 10.3. The molecule has 2 aromatic rings. The maximum absolute atomic E-state index is 5.71. The number of hydrogen-bond donors (Lipinski definition) is 2. The number of thiophene rings is 1. The third-order valence-corrected chi connectivity index (χ3v) is 3.35. The van der Waals surface area contributed by atoms with Crippen molar-refractivity contribution in [2.75, 3.05) is 11.1 Å². The molecule has 0 aliphatic heterocycles. The summed E-state index contributed by atoms with van der Waals surface area (Å²) in [6.45, 7) is 4.79. The molecule has 0 fully saturated rings. The fourth-order valence-corrected chi connectivity index (χ4v) is 2.22. The van der Waals surface area contributed by atoms with Crippen molar-refractivity contribution < 1.29 is 0 Å². The van der Waals surface area contributed by atoms with Crippen LogP contribution in [0.4, 0.5) is 11.6 Å². The van der Waals surface area contributed by atoms with Gasteiger partial charge in [-0.1, -0.05) is 0 Å². The lowest BCUT2D eigenvalue weighted by Crippen LogP contribution is -2.05. The largest absolute Gasteiger partial charge is 0.383 e. The van der Waals surface area contributed by atoms with Gasteiger partial charge in [0.05, 0.1) is 6.54 Å². The zero-order valence-corrected chi connectivity index (χ0v) is 10.1. The molecule has 0 saturated carbocycles. The van der Waals surface area contributed by atoms with Crippen molar-refractivity contribution in [3.63, 3.8) is 0 Å². The maximum atomic E-state index is 5.71. The Balaban J connectivity index is 2.07. The average Bonchev–Trinajstić information content (AvgIpc) is 2.67. The van der Waals surface area contributed by atoms with Crippen molar-refractivity contribution in [2.45, 2.75) is 20.4 Å². The van der Waals surface area contributed by atoms with Gasteiger partial charge in [-0.2, -0.15) is 0 Å². The average molecular weight is 234 g/mol. The van der Waals surface area contributed by atoms with E-state index in [0.717, 1.165) is 17.9 Å². The Hall–Kier alpha value is -1.62. The molecule has 0 aliphatic rings. The summed E-state index contributed by atoms with van der Waals surface area (Å²) in [5, 5.41) is 3.26. The molecular weight excluding hydrogens is 220 g/mol. The van der Waals surface area contributed by atoms with E-state index in [2.05, 4.69) is 34.3 Å². The molecule has 0 unspecified atom stereocenters. The summed E-state index contributed by atoms with van der Waals surface area (Å²) in [5.74, 6) is 1.33. The first-order chi connectivity index (χ1) is 7.66.